The molecule has 118 valence electrons. The number of halogens is 1. The van der Waals surface area contributed by atoms with Crippen molar-refractivity contribution in [1.29, 1.82) is 0 Å². The van der Waals surface area contributed by atoms with Gasteiger partial charge in [0.05, 0.1) is 4.90 Å². The first-order chi connectivity index (χ1) is 10.1. The van der Waals surface area contributed by atoms with Gasteiger partial charge < -0.3 is 0 Å². The van der Waals surface area contributed by atoms with Crippen molar-refractivity contribution in [2.45, 2.75) is 38.0 Å². The first kappa shape index (κ1) is 16.5. The highest BCUT2D eigenvalue weighted by Crippen LogP contribution is 2.25. The minimum absolute atomic E-state index is 0.00342. The van der Waals surface area contributed by atoms with Crippen molar-refractivity contribution in [2.75, 3.05) is 4.72 Å². The van der Waals surface area contributed by atoms with Crippen molar-refractivity contribution in [2.24, 2.45) is 0 Å². The van der Waals surface area contributed by atoms with Crippen LogP contribution in [0.5, 0.6) is 0 Å². The fraction of sp³-hybridized carbons (Fsp3) is 0.294. The lowest BCUT2D eigenvalue weighted by molar-refractivity contribution is 0.590. The summed E-state index contributed by atoms with van der Waals surface area (Å²) >= 11 is 0. The van der Waals surface area contributed by atoms with E-state index in [-0.39, 0.29) is 10.3 Å². The number of sulfonamides is 1. The Morgan fingerprint density at radius 3 is 2.14 bits per heavy atom. The third-order valence-electron chi connectivity index (χ3n) is 3.44. The van der Waals surface area contributed by atoms with Gasteiger partial charge in [0.2, 0.25) is 0 Å². The summed E-state index contributed by atoms with van der Waals surface area (Å²) in [6.45, 7) is 7.89. The average molecular weight is 321 g/mol. The summed E-state index contributed by atoms with van der Waals surface area (Å²) in [6.07, 6.45) is 0. The average Bonchev–Trinajstić information content (AvgIpc) is 2.40. The number of benzene rings is 2. The minimum atomic E-state index is -3.80. The zero-order chi connectivity index (χ0) is 16.5. The third-order valence-corrected chi connectivity index (χ3v) is 4.97. The molecule has 0 heterocycles. The second kappa shape index (κ2) is 5.72. The molecule has 0 saturated heterocycles. The molecule has 3 nitrogen and oxygen atoms in total. The van der Waals surface area contributed by atoms with Crippen LogP contribution in [-0.2, 0) is 15.4 Å². The van der Waals surface area contributed by atoms with Crippen LogP contribution in [0, 0.1) is 12.7 Å². The maximum Gasteiger partial charge on any atom is 0.262 e. The van der Waals surface area contributed by atoms with Gasteiger partial charge in [-0.2, -0.15) is 0 Å². The first-order valence-corrected chi connectivity index (χ1v) is 8.47. The molecule has 0 saturated carbocycles. The molecule has 0 spiro atoms. The van der Waals surface area contributed by atoms with Crippen LogP contribution >= 0.6 is 0 Å². The topological polar surface area (TPSA) is 46.2 Å². The zero-order valence-corrected chi connectivity index (χ0v) is 14.0. The highest BCUT2D eigenvalue weighted by molar-refractivity contribution is 7.92. The highest BCUT2D eigenvalue weighted by atomic mass is 32.2. The molecule has 0 aliphatic rings. The lowest BCUT2D eigenvalue weighted by atomic mass is 9.87. The van der Waals surface area contributed by atoms with E-state index < -0.39 is 15.8 Å². The van der Waals surface area contributed by atoms with Gasteiger partial charge in [-0.25, -0.2) is 12.8 Å². The summed E-state index contributed by atoms with van der Waals surface area (Å²) in [5, 5.41) is 0. The van der Waals surface area contributed by atoms with Crippen molar-refractivity contribution in [3.8, 4) is 0 Å². The Morgan fingerprint density at radius 2 is 1.59 bits per heavy atom. The fourth-order valence-corrected chi connectivity index (χ4v) is 3.43. The van der Waals surface area contributed by atoms with E-state index in [1.807, 2.05) is 12.1 Å². The second-order valence-corrected chi connectivity index (χ2v) is 7.99. The molecule has 5 heteroatoms. The zero-order valence-electron chi connectivity index (χ0n) is 13.1. The van der Waals surface area contributed by atoms with Crippen LogP contribution in [-0.4, -0.2) is 8.42 Å². The van der Waals surface area contributed by atoms with Crippen LogP contribution in [0.25, 0.3) is 0 Å². The molecule has 22 heavy (non-hydrogen) atoms. The smallest absolute Gasteiger partial charge is 0.262 e. The number of aryl methyl sites for hydroxylation is 1. The molecule has 0 atom stereocenters. The summed E-state index contributed by atoms with van der Waals surface area (Å²) in [4.78, 5) is -0.0487. The van der Waals surface area contributed by atoms with Gasteiger partial charge in [-0.1, -0.05) is 39.0 Å². The largest absolute Gasteiger partial charge is 0.280 e. The lowest BCUT2D eigenvalue weighted by Gasteiger charge is -2.19. The molecule has 2 aromatic carbocycles. The summed E-state index contributed by atoms with van der Waals surface area (Å²) in [7, 11) is -3.80. The van der Waals surface area contributed by atoms with E-state index in [2.05, 4.69) is 25.5 Å². The molecule has 0 amide bonds. The Kier molecular flexibility index (Phi) is 4.29. The van der Waals surface area contributed by atoms with Crippen molar-refractivity contribution >= 4 is 15.7 Å². The van der Waals surface area contributed by atoms with Gasteiger partial charge in [0.15, 0.2) is 0 Å². The first-order valence-electron chi connectivity index (χ1n) is 6.99. The van der Waals surface area contributed by atoms with Crippen LogP contribution in [0.1, 0.15) is 31.9 Å². The molecular weight excluding hydrogens is 301 g/mol. The van der Waals surface area contributed by atoms with E-state index in [4.69, 9.17) is 0 Å². The van der Waals surface area contributed by atoms with Crippen LogP contribution in [0.2, 0.25) is 0 Å². The summed E-state index contributed by atoms with van der Waals surface area (Å²) in [5.74, 6) is -0.575. The molecule has 0 aliphatic carbocycles. The van der Waals surface area contributed by atoms with E-state index in [0.29, 0.717) is 11.3 Å². The monoisotopic (exact) mass is 321 g/mol. The van der Waals surface area contributed by atoms with Gasteiger partial charge in [0.1, 0.15) is 5.82 Å². The van der Waals surface area contributed by atoms with Gasteiger partial charge in [-0.3, -0.25) is 4.72 Å². The Labute approximate surface area is 131 Å². The molecule has 0 radical (unpaired) electrons. The van der Waals surface area contributed by atoms with E-state index in [1.165, 1.54) is 12.1 Å². The maximum absolute atomic E-state index is 13.3. The van der Waals surface area contributed by atoms with Crippen LogP contribution in [0.15, 0.2) is 47.4 Å². The predicted molar refractivity (Wildman–Crippen MR) is 87.1 cm³/mol. The van der Waals surface area contributed by atoms with Gasteiger partial charge >= 0.3 is 0 Å². The molecule has 0 fully saturated rings. The van der Waals surface area contributed by atoms with Gasteiger partial charge in [0, 0.05) is 5.69 Å². The van der Waals surface area contributed by atoms with Crippen molar-refractivity contribution in [3.63, 3.8) is 0 Å². The molecule has 0 unspecified atom stereocenters. The Balaban J connectivity index is 2.31. The van der Waals surface area contributed by atoms with E-state index in [1.54, 1.807) is 19.1 Å². The molecule has 0 aromatic heterocycles. The highest BCUT2D eigenvalue weighted by Gasteiger charge is 2.18. The normalized spacial score (nSPS) is 12.2. The standard InChI is InChI=1S/C17H20FNO2S/c1-12-5-8-14(18)11-16(12)22(20,21)19-15-9-6-13(7-10-15)17(2,3)4/h5-11,19H,1-4H3. The maximum atomic E-state index is 13.3. The SMILES string of the molecule is Cc1ccc(F)cc1S(=O)(=O)Nc1ccc(C(C)(C)C)cc1. The Hall–Kier alpha value is -1.88. The second-order valence-electron chi connectivity index (χ2n) is 6.34. The van der Waals surface area contributed by atoms with Crippen LogP contribution < -0.4 is 4.72 Å². The number of hydrogen-bond acceptors (Lipinski definition) is 2. The van der Waals surface area contributed by atoms with E-state index in [9.17, 15) is 12.8 Å². The number of nitrogens with one attached hydrogen (secondary N) is 1. The van der Waals surface area contributed by atoms with E-state index in [0.717, 1.165) is 11.6 Å². The molecule has 0 aliphatic heterocycles. The van der Waals surface area contributed by atoms with Crippen molar-refractivity contribution in [3.05, 3.63) is 59.4 Å². The third kappa shape index (κ3) is 3.65. The van der Waals surface area contributed by atoms with E-state index >= 15 is 0 Å². The molecule has 2 aromatic rings. The molecule has 1 N–H and O–H groups in total. The Bertz CT molecular complexity index is 775. The Morgan fingerprint density at radius 1 is 1.00 bits per heavy atom. The fourth-order valence-electron chi connectivity index (χ4n) is 2.11. The summed E-state index contributed by atoms with van der Waals surface area (Å²) in [6, 6.07) is 10.9. The molecular formula is C17H20FNO2S. The van der Waals surface area contributed by atoms with Crippen LogP contribution in [0.3, 0.4) is 0 Å². The van der Waals surface area contributed by atoms with Crippen molar-refractivity contribution < 1.29 is 12.8 Å². The molecule has 2 rings (SSSR count). The summed E-state index contributed by atoms with van der Waals surface area (Å²) < 4.78 is 40.6. The molecule has 0 bridgehead atoms. The minimum Gasteiger partial charge on any atom is -0.280 e. The number of rotatable bonds is 3. The lowest BCUT2D eigenvalue weighted by Crippen LogP contribution is -2.15. The van der Waals surface area contributed by atoms with Crippen molar-refractivity contribution in [1.82, 2.24) is 0 Å². The quantitative estimate of drug-likeness (QED) is 0.919. The van der Waals surface area contributed by atoms with Gasteiger partial charge in [-0.15, -0.1) is 0 Å². The predicted octanol–water partition coefficient (Wildman–Crippen LogP) is 4.23. The number of hydrogen-bond donors (Lipinski definition) is 1. The van der Waals surface area contributed by atoms with Gasteiger partial charge in [-0.05, 0) is 47.7 Å². The number of anilines is 1. The van der Waals surface area contributed by atoms with Crippen LogP contribution in [0.4, 0.5) is 10.1 Å². The van der Waals surface area contributed by atoms with Gasteiger partial charge in [0.25, 0.3) is 10.0 Å². The summed E-state index contributed by atoms with van der Waals surface area (Å²) in [5.41, 5.74) is 2.06.